The molecule has 0 aliphatic carbocycles. The number of nitrogens with zero attached hydrogens (tertiary/aromatic N) is 3. The predicted molar refractivity (Wildman–Crippen MR) is 109 cm³/mol. The summed E-state index contributed by atoms with van der Waals surface area (Å²) < 4.78 is 12.2. The van der Waals surface area contributed by atoms with Crippen LogP contribution in [0.1, 0.15) is 23.0 Å². The van der Waals surface area contributed by atoms with Crippen LogP contribution < -0.4 is 20.3 Å². The van der Waals surface area contributed by atoms with Gasteiger partial charge in [0.1, 0.15) is 0 Å². The maximum atomic E-state index is 12.2. The van der Waals surface area contributed by atoms with Crippen LogP contribution in [-0.4, -0.2) is 39.9 Å². The highest BCUT2D eigenvalue weighted by atomic mass is 16.5. The minimum absolute atomic E-state index is 0.254. The maximum Gasteiger partial charge on any atom is 0.294 e. The number of nitrogens with one attached hydrogen (secondary N) is 2. The Hall–Kier alpha value is -4.52. The summed E-state index contributed by atoms with van der Waals surface area (Å²) in [4.78, 5) is 24.3. The van der Waals surface area contributed by atoms with Gasteiger partial charge in [-0.05, 0) is 31.2 Å². The zero-order valence-corrected chi connectivity index (χ0v) is 16.5. The molecule has 0 radical (unpaired) electrons. The van der Waals surface area contributed by atoms with Crippen molar-refractivity contribution in [2.45, 2.75) is 6.92 Å². The summed E-state index contributed by atoms with van der Waals surface area (Å²) in [7, 11) is 0. The van der Waals surface area contributed by atoms with Gasteiger partial charge in [0.2, 0.25) is 0 Å². The first kappa shape index (κ1) is 21.2. The number of carbonyl (C=O) groups excluding carboxylic acids is 2. The summed E-state index contributed by atoms with van der Waals surface area (Å²) in [6.45, 7) is 1.71. The van der Waals surface area contributed by atoms with Crippen LogP contribution in [0.15, 0.2) is 54.7 Å². The summed E-state index contributed by atoms with van der Waals surface area (Å²) in [5, 5.41) is 23.0. The lowest BCUT2D eigenvalue weighted by atomic mass is 10.2. The van der Waals surface area contributed by atoms with E-state index in [1.165, 1.54) is 29.1 Å². The average molecular weight is 421 g/mol. The molecule has 1 heterocycles. The van der Waals surface area contributed by atoms with Gasteiger partial charge in [-0.1, -0.05) is 18.2 Å². The van der Waals surface area contributed by atoms with Crippen molar-refractivity contribution in [2.75, 3.05) is 13.2 Å². The Kier molecular flexibility index (Phi) is 6.70. The number of aromatic hydroxyl groups is 1. The first-order valence-corrected chi connectivity index (χ1v) is 9.24. The Bertz CT molecular complexity index is 1120. The fraction of sp³-hybridized carbons (Fsp3) is 0.143. The molecule has 0 atom stereocenters. The third kappa shape index (κ3) is 5.30. The highest BCUT2D eigenvalue weighted by Crippen LogP contribution is 2.28. The summed E-state index contributed by atoms with van der Waals surface area (Å²) in [6.07, 6.45) is 1.29. The van der Waals surface area contributed by atoms with E-state index in [1.54, 1.807) is 31.2 Å². The van der Waals surface area contributed by atoms with E-state index in [2.05, 4.69) is 16.0 Å². The van der Waals surface area contributed by atoms with E-state index in [0.717, 1.165) is 0 Å². The maximum absolute atomic E-state index is 12.2. The number of para-hydroxylation sites is 1. The van der Waals surface area contributed by atoms with E-state index >= 15 is 0 Å². The van der Waals surface area contributed by atoms with Crippen molar-refractivity contribution in [3.05, 3.63) is 66.0 Å². The number of aromatic nitrogens is 2. The Morgan fingerprint density at radius 1 is 1.13 bits per heavy atom. The lowest BCUT2D eigenvalue weighted by molar-refractivity contribution is -0.123. The molecule has 1 aromatic heterocycles. The number of hydrogen-bond acceptors (Lipinski definition) is 7. The largest absolute Gasteiger partial charge is 0.504 e. The van der Waals surface area contributed by atoms with Crippen molar-refractivity contribution in [2.24, 2.45) is 0 Å². The zero-order valence-electron chi connectivity index (χ0n) is 16.5. The van der Waals surface area contributed by atoms with Gasteiger partial charge in [-0.2, -0.15) is 10.4 Å². The van der Waals surface area contributed by atoms with E-state index in [1.807, 2.05) is 12.1 Å². The summed E-state index contributed by atoms with van der Waals surface area (Å²) in [5.41, 5.74) is 5.15. The van der Waals surface area contributed by atoms with Crippen LogP contribution in [0.2, 0.25) is 0 Å². The SMILES string of the molecule is CCOc1cc(C#N)ccc1OCC(=O)NNC(=O)c1nn(-c2ccccc2)cc1O. The fourth-order valence-corrected chi connectivity index (χ4v) is 2.57. The van der Waals surface area contributed by atoms with Gasteiger partial charge >= 0.3 is 0 Å². The molecule has 10 nitrogen and oxygen atoms in total. The monoisotopic (exact) mass is 421 g/mol. The lowest BCUT2D eigenvalue weighted by Crippen LogP contribution is -2.44. The van der Waals surface area contributed by atoms with Crippen molar-refractivity contribution in [1.82, 2.24) is 20.6 Å². The second-order valence-electron chi connectivity index (χ2n) is 6.14. The molecule has 0 saturated heterocycles. The minimum atomic E-state index is -0.797. The number of hydrazine groups is 1. The van der Waals surface area contributed by atoms with Crippen molar-refractivity contribution < 1.29 is 24.2 Å². The smallest absolute Gasteiger partial charge is 0.294 e. The Balaban J connectivity index is 1.56. The van der Waals surface area contributed by atoms with Crippen LogP contribution in [0, 0.1) is 11.3 Å². The first-order chi connectivity index (χ1) is 15.0. The van der Waals surface area contributed by atoms with Gasteiger partial charge in [0.15, 0.2) is 29.5 Å². The van der Waals surface area contributed by atoms with Crippen molar-refractivity contribution in [3.63, 3.8) is 0 Å². The van der Waals surface area contributed by atoms with E-state index in [0.29, 0.717) is 23.6 Å². The molecule has 2 amide bonds. The van der Waals surface area contributed by atoms with Gasteiger partial charge in [0.05, 0.1) is 30.1 Å². The van der Waals surface area contributed by atoms with Crippen LogP contribution in [0.5, 0.6) is 17.2 Å². The first-order valence-electron chi connectivity index (χ1n) is 9.24. The molecule has 0 saturated carbocycles. The van der Waals surface area contributed by atoms with Crippen molar-refractivity contribution >= 4 is 11.8 Å². The quantitative estimate of drug-likeness (QED) is 0.493. The normalized spacial score (nSPS) is 10.1. The van der Waals surface area contributed by atoms with E-state index < -0.39 is 18.4 Å². The summed E-state index contributed by atoms with van der Waals surface area (Å²) >= 11 is 0. The molecule has 31 heavy (non-hydrogen) atoms. The van der Waals surface area contributed by atoms with Crippen molar-refractivity contribution in [1.29, 1.82) is 5.26 Å². The molecular formula is C21H19N5O5. The van der Waals surface area contributed by atoms with Gasteiger partial charge in [-0.3, -0.25) is 20.4 Å². The van der Waals surface area contributed by atoms with Gasteiger partial charge in [-0.25, -0.2) is 4.68 Å². The number of hydrogen-bond donors (Lipinski definition) is 3. The second kappa shape index (κ2) is 9.80. The Morgan fingerprint density at radius 2 is 1.90 bits per heavy atom. The molecule has 10 heteroatoms. The highest BCUT2D eigenvalue weighted by molar-refractivity contribution is 5.96. The number of benzene rings is 2. The molecule has 0 aliphatic heterocycles. The third-order valence-electron chi connectivity index (χ3n) is 3.98. The molecule has 3 rings (SSSR count). The van der Waals surface area contributed by atoms with E-state index in [9.17, 15) is 14.7 Å². The van der Waals surface area contributed by atoms with Crippen LogP contribution in [0.3, 0.4) is 0 Å². The molecule has 3 N–H and O–H groups in total. The molecule has 0 unspecified atom stereocenters. The number of ether oxygens (including phenoxy) is 2. The van der Waals surface area contributed by atoms with Crippen molar-refractivity contribution in [3.8, 4) is 29.0 Å². The predicted octanol–water partition coefficient (Wildman–Crippen LogP) is 1.69. The molecule has 3 aromatic rings. The van der Waals surface area contributed by atoms with Gasteiger partial charge < -0.3 is 14.6 Å². The Morgan fingerprint density at radius 3 is 2.61 bits per heavy atom. The molecular weight excluding hydrogens is 402 g/mol. The van der Waals surface area contributed by atoms with E-state index in [-0.39, 0.29) is 17.2 Å². The average Bonchev–Trinajstić information content (AvgIpc) is 3.19. The van der Waals surface area contributed by atoms with Gasteiger partial charge in [-0.15, -0.1) is 0 Å². The summed E-state index contributed by atoms with van der Waals surface area (Å²) in [5.74, 6) is -1.18. The number of amides is 2. The third-order valence-corrected chi connectivity index (χ3v) is 3.98. The van der Waals surface area contributed by atoms with Crippen LogP contribution >= 0.6 is 0 Å². The molecule has 0 bridgehead atoms. The van der Waals surface area contributed by atoms with Crippen LogP contribution in [0.4, 0.5) is 0 Å². The minimum Gasteiger partial charge on any atom is -0.504 e. The standard InChI is InChI=1S/C21H19N5O5/c1-2-30-18-10-14(11-22)8-9-17(18)31-13-19(28)23-24-21(29)20-16(27)12-26(25-20)15-6-4-3-5-7-15/h3-10,12,27H,2,13H2,1H3,(H,23,28)(H,24,29). The topological polar surface area (TPSA) is 138 Å². The second-order valence-corrected chi connectivity index (χ2v) is 6.14. The van der Waals surface area contributed by atoms with Crippen LogP contribution in [0.25, 0.3) is 5.69 Å². The fourth-order valence-electron chi connectivity index (χ4n) is 2.57. The number of nitriles is 1. The number of rotatable bonds is 7. The lowest BCUT2D eigenvalue weighted by Gasteiger charge is -2.12. The molecule has 0 aliphatic rings. The summed E-state index contributed by atoms with van der Waals surface area (Å²) in [6, 6.07) is 15.5. The van der Waals surface area contributed by atoms with Gasteiger partial charge in [0, 0.05) is 6.07 Å². The highest BCUT2D eigenvalue weighted by Gasteiger charge is 2.18. The number of carbonyl (C=O) groups is 2. The Labute approximate surface area is 177 Å². The molecule has 2 aromatic carbocycles. The van der Waals surface area contributed by atoms with Gasteiger partial charge in [0.25, 0.3) is 11.8 Å². The van der Waals surface area contributed by atoms with E-state index in [4.69, 9.17) is 14.7 Å². The molecule has 0 spiro atoms. The molecule has 0 fully saturated rings. The van der Waals surface area contributed by atoms with Crippen LogP contribution in [-0.2, 0) is 4.79 Å². The zero-order chi connectivity index (χ0) is 22.2. The molecule has 158 valence electrons.